The van der Waals surface area contributed by atoms with Crippen molar-refractivity contribution in [3.05, 3.63) is 34.1 Å². The van der Waals surface area contributed by atoms with Gasteiger partial charge >= 0.3 is 0 Å². The van der Waals surface area contributed by atoms with Crippen LogP contribution < -0.4 is 5.73 Å². The minimum absolute atomic E-state index is 0.572. The molecule has 0 radical (unpaired) electrons. The van der Waals surface area contributed by atoms with Crippen LogP contribution in [0.1, 0.15) is 30.3 Å². The summed E-state index contributed by atoms with van der Waals surface area (Å²) in [5, 5.41) is 0. The van der Waals surface area contributed by atoms with Gasteiger partial charge < -0.3 is 10.3 Å². The van der Waals surface area contributed by atoms with Crippen LogP contribution in [0.5, 0.6) is 0 Å². The van der Waals surface area contributed by atoms with Crippen LogP contribution in [0.15, 0.2) is 22.7 Å². The van der Waals surface area contributed by atoms with Gasteiger partial charge in [-0.3, -0.25) is 0 Å². The van der Waals surface area contributed by atoms with E-state index < -0.39 is 0 Å². The number of nitrogens with zero attached hydrogens (tertiary/aromatic N) is 2. The zero-order valence-electron chi connectivity index (χ0n) is 10.6. The summed E-state index contributed by atoms with van der Waals surface area (Å²) in [7, 11) is 0. The highest BCUT2D eigenvalue weighted by atomic mass is 79.9. The molecule has 1 heterocycles. The Hall–Kier alpha value is -1.29. The van der Waals surface area contributed by atoms with Crippen molar-refractivity contribution in [1.82, 2.24) is 9.55 Å². The molecule has 0 bridgehead atoms. The van der Waals surface area contributed by atoms with Gasteiger partial charge in [0.05, 0.1) is 0 Å². The molecule has 0 spiro atoms. The lowest BCUT2D eigenvalue weighted by atomic mass is 10.1. The van der Waals surface area contributed by atoms with Gasteiger partial charge in [-0.15, -0.1) is 0 Å². The van der Waals surface area contributed by atoms with Crippen molar-refractivity contribution in [3.63, 3.8) is 0 Å². The predicted molar refractivity (Wildman–Crippen MR) is 77.5 cm³/mol. The van der Waals surface area contributed by atoms with Crippen molar-refractivity contribution in [1.29, 1.82) is 0 Å². The van der Waals surface area contributed by atoms with Crippen LogP contribution in [0, 0.1) is 13.8 Å². The molecular formula is C14H16BrN3. The highest BCUT2D eigenvalue weighted by Gasteiger charge is 2.28. The maximum absolute atomic E-state index is 6.25. The lowest BCUT2D eigenvalue weighted by Gasteiger charge is -2.06. The molecule has 1 aromatic carbocycles. The first-order valence-electron chi connectivity index (χ1n) is 6.18. The Morgan fingerprint density at radius 3 is 2.67 bits per heavy atom. The fraction of sp³-hybridized carbons (Fsp3) is 0.357. The number of imidazole rings is 1. The summed E-state index contributed by atoms with van der Waals surface area (Å²) in [6.07, 6.45) is 2.44. The molecule has 18 heavy (non-hydrogen) atoms. The molecule has 0 aliphatic heterocycles. The summed E-state index contributed by atoms with van der Waals surface area (Å²) in [6.45, 7) is 4.11. The number of halogens is 1. The largest absolute Gasteiger partial charge is 0.383 e. The first kappa shape index (κ1) is 11.8. The Bertz CT molecular complexity index is 612. The number of nitrogens with two attached hydrogens (primary N) is 1. The molecule has 0 atom stereocenters. The number of nitrogen functional groups attached to an aromatic ring is 1. The molecule has 1 aliphatic rings. The van der Waals surface area contributed by atoms with Crippen LogP contribution in [0.2, 0.25) is 0 Å². The SMILES string of the molecule is Cc1cc(-c2nc(C)n(C3CC3)c2N)ccc1Br. The van der Waals surface area contributed by atoms with Gasteiger partial charge in [-0.2, -0.15) is 0 Å². The van der Waals surface area contributed by atoms with Crippen molar-refractivity contribution >= 4 is 21.7 Å². The van der Waals surface area contributed by atoms with Gasteiger partial charge in [0.1, 0.15) is 17.3 Å². The van der Waals surface area contributed by atoms with Crippen molar-refractivity contribution < 1.29 is 0 Å². The summed E-state index contributed by atoms with van der Waals surface area (Å²) >= 11 is 3.52. The molecule has 2 aromatic rings. The minimum Gasteiger partial charge on any atom is -0.383 e. The zero-order chi connectivity index (χ0) is 12.9. The van der Waals surface area contributed by atoms with Crippen molar-refractivity contribution in [2.24, 2.45) is 0 Å². The molecule has 94 valence electrons. The maximum Gasteiger partial charge on any atom is 0.131 e. The minimum atomic E-state index is 0.572. The van der Waals surface area contributed by atoms with Gasteiger partial charge in [0, 0.05) is 16.1 Å². The highest BCUT2D eigenvalue weighted by Crippen LogP contribution is 2.40. The van der Waals surface area contributed by atoms with E-state index >= 15 is 0 Å². The summed E-state index contributed by atoms with van der Waals surface area (Å²) in [5.41, 5.74) is 9.46. The molecule has 2 N–H and O–H groups in total. The number of aromatic nitrogens is 2. The van der Waals surface area contributed by atoms with Gasteiger partial charge in [0.2, 0.25) is 0 Å². The molecular weight excluding hydrogens is 290 g/mol. The average Bonchev–Trinajstić information content (AvgIpc) is 3.10. The van der Waals surface area contributed by atoms with E-state index in [4.69, 9.17) is 5.73 Å². The van der Waals surface area contributed by atoms with Gasteiger partial charge in [0.25, 0.3) is 0 Å². The fourth-order valence-corrected chi connectivity index (χ4v) is 2.61. The third-order valence-corrected chi connectivity index (χ3v) is 4.36. The third kappa shape index (κ3) is 1.85. The lowest BCUT2D eigenvalue weighted by Crippen LogP contribution is -2.02. The molecule has 1 saturated carbocycles. The number of aryl methyl sites for hydroxylation is 2. The van der Waals surface area contributed by atoms with E-state index in [0.717, 1.165) is 27.4 Å². The molecule has 0 unspecified atom stereocenters. The molecule has 1 aliphatic carbocycles. The van der Waals surface area contributed by atoms with E-state index in [1.807, 2.05) is 6.92 Å². The Morgan fingerprint density at radius 1 is 1.33 bits per heavy atom. The molecule has 0 saturated heterocycles. The summed E-state index contributed by atoms with van der Waals surface area (Å²) in [4.78, 5) is 4.64. The van der Waals surface area contributed by atoms with Crippen molar-refractivity contribution in [2.75, 3.05) is 5.73 Å². The molecule has 0 amide bonds. The first-order chi connectivity index (χ1) is 8.58. The number of hydrogen-bond acceptors (Lipinski definition) is 2. The van der Waals surface area contributed by atoms with Crippen LogP contribution in [0.4, 0.5) is 5.82 Å². The van der Waals surface area contributed by atoms with Gasteiger partial charge in [0.15, 0.2) is 0 Å². The van der Waals surface area contributed by atoms with Gasteiger partial charge in [-0.25, -0.2) is 4.98 Å². The second-order valence-corrected chi connectivity index (χ2v) is 5.81. The summed E-state index contributed by atoms with van der Waals surface area (Å²) < 4.78 is 3.29. The second-order valence-electron chi connectivity index (χ2n) is 4.96. The molecule has 3 rings (SSSR count). The Labute approximate surface area is 115 Å². The van der Waals surface area contributed by atoms with Crippen LogP contribution in [-0.2, 0) is 0 Å². The van der Waals surface area contributed by atoms with Gasteiger partial charge in [-0.1, -0.05) is 22.0 Å². The fourth-order valence-electron chi connectivity index (χ4n) is 2.36. The van der Waals surface area contributed by atoms with E-state index in [1.54, 1.807) is 0 Å². The van der Waals surface area contributed by atoms with E-state index in [1.165, 1.54) is 18.4 Å². The lowest BCUT2D eigenvalue weighted by molar-refractivity contribution is 0.720. The predicted octanol–water partition coefficient (Wildman–Crippen LogP) is 3.85. The normalized spacial score (nSPS) is 15.1. The van der Waals surface area contributed by atoms with Crippen LogP contribution in [0.3, 0.4) is 0 Å². The van der Waals surface area contributed by atoms with Crippen LogP contribution >= 0.6 is 15.9 Å². The Morgan fingerprint density at radius 2 is 2.06 bits per heavy atom. The van der Waals surface area contributed by atoms with Crippen molar-refractivity contribution in [2.45, 2.75) is 32.7 Å². The topological polar surface area (TPSA) is 43.8 Å². The monoisotopic (exact) mass is 305 g/mol. The van der Waals surface area contributed by atoms with E-state index in [2.05, 4.69) is 50.6 Å². The maximum atomic E-state index is 6.25. The summed E-state index contributed by atoms with van der Waals surface area (Å²) in [6, 6.07) is 6.81. The first-order valence-corrected chi connectivity index (χ1v) is 6.98. The average molecular weight is 306 g/mol. The second kappa shape index (κ2) is 4.12. The van der Waals surface area contributed by atoms with E-state index in [-0.39, 0.29) is 0 Å². The summed E-state index contributed by atoms with van der Waals surface area (Å²) in [5.74, 6) is 1.82. The molecule has 1 fully saturated rings. The molecule has 4 heteroatoms. The van der Waals surface area contributed by atoms with Crippen molar-refractivity contribution in [3.8, 4) is 11.3 Å². The third-order valence-electron chi connectivity index (χ3n) is 3.47. The van der Waals surface area contributed by atoms with Crippen LogP contribution in [-0.4, -0.2) is 9.55 Å². The molecule has 1 aromatic heterocycles. The molecule has 3 nitrogen and oxygen atoms in total. The van der Waals surface area contributed by atoms with E-state index in [9.17, 15) is 0 Å². The standard InChI is InChI=1S/C14H16BrN3/c1-8-7-10(3-6-12(8)15)13-14(16)18(9(2)17-13)11-4-5-11/h3,6-7,11H,4-5,16H2,1-2H3. The van der Waals surface area contributed by atoms with Gasteiger partial charge in [-0.05, 0) is 44.4 Å². The Balaban J connectivity index is 2.11. The number of rotatable bonds is 2. The van der Waals surface area contributed by atoms with Crippen LogP contribution in [0.25, 0.3) is 11.3 Å². The van der Waals surface area contributed by atoms with E-state index in [0.29, 0.717) is 6.04 Å². The smallest absolute Gasteiger partial charge is 0.131 e. The number of anilines is 1. The number of benzene rings is 1. The quantitative estimate of drug-likeness (QED) is 0.916. The Kier molecular flexibility index (Phi) is 2.70. The number of hydrogen-bond donors (Lipinski definition) is 1. The zero-order valence-corrected chi connectivity index (χ0v) is 12.2. The highest BCUT2D eigenvalue weighted by molar-refractivity contribution is 9.10.